The molecule has 0 amide bonds. The Morgan fingerprint density at radius 3 is 1.83 bits per heavy atom. The van der Waals surface area contributed by atoms with Gasteiger partial charge in [0.1, 0.15) is 11.3 Å². The van der Waals surface area contributed by atoms with Gasteiger partial charge in [-0.3, -0.25) is 0 Å². The third-order valence-corrected chi connectivity index (χ3v) is 4.23. The van der Waals surface area contributed by atoms with Crippen molar-refractivity contribution in [1.82, 2.24) is 0 Å². The summed E-state index contributed by atoms with van der Waals surface area (Å²) in [5.74, 6) is -12.3. The first kappa shape index (κ1) is 18.0. The molecular weight excluding hydrogens is 550 g/mol. The maximum Gasteiger partial charge on any atom is 0.341 e. The van der Waals surface area contributed by atoms with Crippen LogP contribution in [0.5, 0.6) is 17.2 Å². The predicted octanol–water partition coefficient (Wildman–Crippen LogP) is 4.02. The lowest BCUT2D eigenvalue weighted by Crippen LogP contribution is -2.11. The van der Waals surface area contributed by atoms with Crippen LogP contribution in [-0.4, -0.2) is 11.1 Å². The molecule has 0 aliphatic carbocycles. The zero-order chi connectivity index (χ0) is 17.5. The molecule has 4 nitrogen and oxygen atoms in total. The fraction of sp³-hybridized carbons (Fsp3) is 0. The molecule has 0 heterocycles. The van der Waals surface area contributed by atoms with E-state index in [0.29, 0.717) is 0 Å². The number of ether oxygens (including phenoxy) is 1. The molecule has 1 N–H and O–H groups in total. The average molecular weight is 553 g/mol. The van der Waals surface area contributed by atoms with Crippen LogP contribution in [0.1, 0.15) is 10.4 Å². The molecule has 0 aliphatic rings. The first-order chi connectivity index (χ1) is 10.6. The molecule has 122 valence electrons. The predicted molar refractivity (Wildman–Crippen MR) is 84.6 cm³/mol. The van der Waals surface area contributed by atoms with Gasteiger partial charge in [-0.1, -0.05) is 5.75 Å². The number of rotatable bonds is 3. The molecule has 0 fully saturated rings. The Kier molecular flexibility index (Phi) is 5.23. The zero-order valence-corrected chi connectivity index (χ0v) is 14.9. The number of hydrogen-bond acceptors (Lipinski definition) is 3. The lowest BCUT2D eigenvalue weighted by molar-refractivity contribution is -0.271. The Morgan fingerprint density at radius 2 is 1.43 bits per heavy atom. The summed E-state index contributed by atoms with van der Waals surface area (Å²) in [4.78, 5) is 10.7. The lowest BCUT2D eigenvalue weighted by Gasteiger charge is -2.15. The molecule has 0 aromatic heterocycles. The number of hydrogen-bond donors (Lipinski definition) is 1. The van der Waals surface area contributed by atoms with Gasteiger partial charge in [0.25, 0.3) is 0 Å². The van der Waals surface area contributed by atoms with E-state index in [9.17, 15) is 27.5 Å². The maximum atomic E-state index is 13.8. The van der Waals surface area contributed by atoms with Gasteiger partial charge in [-0.05, 0) is 57.3 Å². The van der Waals surface area contributed by atoms with E-state index < -0.39 is 40.6 Å². The Balaban J connectivity index is 2.60. The molecule has 2 aromatic carbocycles. The second-order valence-electron chi connectivity index (χ2n) is 4.08. The number of benzene rings is 2. The molecule has 2 rings (SSSR count). The molecule has 0 unspecified atom stereocenters. The minimum absolute atomic E-state index is 0.161. The van der Waals surface area contributed by atoms with Gasteiger partial charge in [0.15, 0.2) is 11.6 Å². The zero-order valence-electron chi connectivity index (χ0n) is 10.6. The molecule has 10 heteroatoms. The van der Waals surface area contributed by atoms with Crippen molar-refractivity contribution in [1.29, 1.82) is 0 Å². The van der Waals surface area contributed by atoms with Crippen molar-refractivity contribution in [3.05, 3.63) is 48.1 Å². The summed E-state index contributed by atoms with van der Waals surface area (Å²) in [6, 6.07) is 2.23. The largest absolute Gasteiger partial charge is 0.871 e. The van der Waals surface area contributed by atoms with Crippen molar-refractivity contribution in [2.24, 2.45) is 0 Å². The highest BCUT2D eigenvalue weighted by atomic mass is 127. The Bertz CT molecular complexity index is 774. The van der Waals surface area contributed by atoms with Crippen molar-refractivity contribution in [3.8, 4) is 17.2 Å². The van der Waals surface area contributed by atoms with E-state index in [1.165, 1.54) is 0 Å². The Morgan fingerprint density at radius 1 is 1.00 bits per heavy atom. The molecule has 0 saturated carbocycles. The highest BCUT2D eigenvalue weighted by Crippen LogP contribution is 2.36. The van der Waals surface area contributed by atoms with Crippen molar-refractivity contribution >= 4 is 51.2 Å². The van der Waals surface area contributed by atoms with Crippen molar-refractivity contribution < 1.29 is 37.3 Å². The van der Waals surface area contributed by atoms with Gasteiger partial charge >= 0.3 is 5.97 Å². The Hall–Kier alpha value is -1.31. The molecular formula is C13H3F4I2O4-. The summed E-state index contributed by atoms with van der Waals surface area (Å²) in [5, 5.41) is 20.1. The van der Waals surface area contributed by atoms with Gasteiger partial charge in [0.2, 0.25) is 17.4 Å². The highest BCUT2D eigenvalue weighted by Gasteiger charge is 2.30. The van der Waals surface area contributed by atoms with Gasteiger partial charge < -0.3 is 14.9 Å². The molecule has 0 radical (unpaired) electrons. The van der Waals surface area contributed by atoms with Crippen molar-refractivity contribution in [3.63, 3.8) is 0 Å². The number of carbonyl (C=O) groups is 1. The first-order valence-corrected chi connectivity index (χ1v) is 7.74. The fourth-order valence-electron chi connectivity index (χ4n) is 1.60. The monoisotopic (exact) mass is 553 g/mol. The van der Waals surface area contributed by atoms with E-state index in [-0.39, 0.29) is 18.6 Å². The summed E-state index contributed by atoms with van der Waals surface area (Å²) in [6.45, 7) is 0. The molecule has 23 heavy (non-hydrogen) atoms. The topological polar surface area (TPSA) is 69.6 Å². The van der Waals surface area contributed by atoms with Crippen molar-refractivity contribution in [2.45, 2.75) is 0 Å². The van der Waals surface area contributed by atoms with Crippen LogP contribution in [0.25, 0.3) is 0 Å². The lowest BCUT2D eigenvalue weighted by atomic mass is 10.1. The van der Waals surface area contributed by atoms with Gasteiger partial charge in [-0.2, -0.15) is 8.78 Å². The molecule has 2 aromatic rings. The van der Waals surface area contributed by atoms with Crippen LogP contribution in [0.2, 0.25) is 0 Å². The van der Waals surface area contributed by atoms with E-state index in [4.69, 9.17) is 9.84 Å². The van der Waals surface area contributed by atoms with E-state index in [2.05, 4.69) is 0 Å². The van der Waals surface area contributed by atoms with Crippen LogP contribution in [0.3, 0.4) is 0 Å². The standard InChI is InChI=1S/C13H4F4I2O4/c14-7-6(13(21)22)8(15)10(17)12(9(7)16)23-3-1-4(18)11(20)5(19)2-3/h1-2,20H,(H,21,22)/p-1. The van der Waals surface area contributed by atoms with E-state index in [0.717, 1.165) is 12.1 Å². The van der Waals surface area contributed by atoms with Crippen LogP contribution in [0.15, 0.2) is 12.1 Å². The average Bonchev–Trinajstić information content (AvgIpc) is 2.47. The second kappa shape index (κ2) is 6.67. The summed E-state index contributed by atoms with van der Waals surface area (Å²) >= 11 is 3.30. The van der Waals surface area contributed by atoms with Crippen LogP contribution in [0, 0.1) is 30.4 Å². The van der Waals surface area contributed by atoms with Gasteiger partial charge in [0, 0.05) is 7.14 Å². The number of halogens is 6. The number of carboxylic acid groups (broad SMARTS) is 1. The smallest absolute Gasteiger partial charge is 0.341 e. The summed E-state index contributed by atoms with van der Waals surface area (Å²) < 4.78 is 59.9. The van der Waals surface area contributed by atoms with Crippen molar-refractivity contribution in [2.75, 3.05) is 0 Å². The first-order valence-electron chi connectivity index (χ1n) is 5.58. The van der Waals surface area contributed by atoms with Crippen LogP contribution in [0.4, 0.5) is 17.6 Å². The normalized spacial score (nSPS) is 10.7. The summed E-state index contributed by atoms with van der Waals surface area (Å²) in [5.41, 5.74) is -1.76. The number of carboxylic acids is 1. The molecule has 0 saturated heterocycles. The molecule has 0 bridgehead atoms. The quantitative estimate of drug-likeness (QED) is 0.355. The minimum Gasteiger partial charge on any atom is -0.871 e. The highest BCUT2D eigenvalue weighted by molar-refractivity contribution is 14.1. The summed E-state index contributed by atoms with van der Waals surface area (Å²) in [6.07, 6.45) is 0. The third kappa shape index (κ3) is 3.32. The van der Waals surface area contributed by atoms with Gasteiger partial charge in [-0.25, -0.2) is 13.6 Å². The molecule has 0 spiro atoms. The summed E-state index contributed by atoms with van der Waals surface area (Å²) in [7, 11) is 0. The van der Waals surface area contributed by atoms with E-state index in [1.54, 1.807) is 45.2 Å². The molecule has 0 atom stereocenters. The van der Waals surface area contributed by atoms with E-state index >= 15 is 0 Å². The Labute approximate surface area is 153 Å². The SMILES string of the molecule is O=C(O)c1c(F)c(F)c(Oc2cc(I)c([O-])c(I)c2)c(F)c1F. The third-order valence-electron chi connectivity index (χ3n) is 2.63. The van der Waals surface area contributed by atoms with Gasteiger partial charge in [-0.15, -0.1) is 0 Å². The van der Waals surface area contributed by atoms with Crippen LogP contribution in [-0.2, 0) is 0 Å². The second-order valence-corrected chi connectivity index (χ2v) is 6.41. The van der Waals surface area contributed by atoms with Gasteiger partial charge in [0.05, 0.1) is 0 Å². The number of aromatic carboxylic acids is 1. The molecule has 0 aliphatic heterocycles. The van der Waals surface area contributed by atoms with Crippen LogP contribution < -0.4 is 9.84 Å². The van der Waals surface area contributed by atoms with Crippen LogP contribution >= 0.6 is 45.2 Å². The fourth-order valence-corrected chi connectivity index (χ4v) is 3.31. The maximum absolute atomic E-state index is 13.8. The minimum atomic E-state index is -2.16. The van der Waals surface area contributed by atoms with E-state index in [1.807, 2.05) is 0 Å².